The fourth-order valence-corrected chi connectivity index (χ4v) is 2.07. The minimum atomic E-state index is -5.66. The van der Waals surface area contributed by atoms with Gasteiger partial charge >= 0.3 is 18.4 Å². The molecular formula is C11H13F6N5O. The first-order chi connectivity index (χ1) is 10.6. The fourth-order valence-electron chi connectivity index (χ4n) is 2.07. The molecule has 0 aliphatic carbocycles. The molecule has 0 amide bonds. The molecular weight excluding hydrogens is 332 g/mol. The average Bonchev–Trinajstić information content (AvgIpc) is 2.43. The van der Waals surface area contributed by atoms with Gasteiger partial charge in [-0.05, 0) is 19.3 Å². The highest BCUT2D eigenvalue weighted by atomic mass is 19.4. The number of aromatic nitrogens is 3. The maximum Gasteiger partial charge on any atom is 0.434 e. The minimum Gasteiger partial charge on any atom is -0.440 e. The maximum absolute atomic E-state index is 12.5. The molecule has 1 aromatic rings. The molecule has 23 heavy (non-hydrogen) atoms. The summed E-state index contributed by atoms with van der Waals surface area (Å²) in [5.41, 5.74) is 5.33. The Labute approximate surface area is 126 Å². The van der Waals surface area contributed by atoms with Gasteiger partial charge in [-0.25, -0.2) is 0 Å². The number of halogens is 6. The van der Waals surface area contributed by atoms with Crippen LogP contribution in [0.5, 0.6) is 6.01 Å². The van der Waals surface area contributed by atoms with E-state index in [1.165, 1.54) is 0 Å². The summed E-state index contributed by atoms with van der Waals surface area (Å²) in [7, 11) is 0. The molecule has 0 spiro atoms. The second-order valence-corrected chi connectivity index (χ2v) is 4.91. The van der Waals surface area contributed by atoms with Crippen molar-refractivity contribution in [2.45, 2.75) is 37.7 Å². The molecule has 6 nitrogen and oxygen atoms in total. The third-order valence-electron chi connectivity index (χ3n) is 3.08. The van der Waals surface area contributed by atoms with Crippen LogP contribution in [0.25, 0.3) is 0 Å². The number of nitrogens with zero attached hydrogens (tertiary/aromatic N) is 4. The quantitative estimate of drug-likeness (QED) is 0.847. The van der Waals surface area contributed by atoms with E-state index in [1.54, 1.807) is 4.90 Å². The van der Waals surface area contributed by atoms with Crippen molar-refractivity contribution < 1.29 is 31.1 Å². The molecule has 0 radical (unpaired) electrons. The highest BCUT2D eigenvalue weighted by Gasteiger charge is 2.59. The third-order valence-corrected chi connectivity index (χ3v) is 3.08. The third kappa shape index (κ3) is 4.48. The lowest BCUT2D eigenvalue weighted by molar-refractivity contribution is -0.301. The van der Waals surface area contributed by atoms with Crippen molar-refractivity contribution >= 4 is 11.9 Å². The Morgan fingerprint density at radius 2 is 1.48 bits per heavy atom. The van der Waals surface area contributed by atoms with Gasteiger partial charge in [0.05, 0.1) is 0 Å². The van der Waals surface area contributed by atoms with Crippen molar-refractivity contribution in [2.24, 2.45) is 0 Å². The normalized spacial score (nSPS) is 16.7. The van der Waals surface area contributed by atoms with Gasteiger partial charge in [-0.15, -0.1) is 0 Å². The molecule has 0 aromatic carbocycles. The van der Waals surface area contributed by atoms with Gasteiger partial charge in [-0.1, -0.05) is 0 Å². The maximum atomic E-state index is 12.5. The molecule has 0 atom stereocenters. The summed E-state index contributed by atoms with van der Waals surface area (Å²) in [5.74, 6) is -0.617. The minimum absolute atomic E-state index is 0.102. The Morgan fingerprint density at radius 1 is 0.913 bits per heavy atom. The lowest BCUT2D eigenvalue weighted by Gasteiger charge is -2.27. The summed E-state index contributed by atoms with van der Waals surface area (Å²) < 4.78 is 78.9. The SMILES string of the molecule is Nc1nc(OC(C(F)(F)F)C(F)(F)F)nc(N2CCCCC2)n1. The molecule has 0 saturated carbocycles. The van der Waals surface area contributed by atoms with Gasteiger partial charge in [0.25, 0.3) is 6.10 Å². The van der Waals surface area contributed by atoms with Crippen LogP contribution in [0.3, 0.4) is 0 Å². The van der Waals surface area contributed by atoms with Crippen molar-refractivity contribution in [2.75, 3.05) is 23.7 Å². The summed E-state index contributed by atoms with van der Waals surface area (Å²) in [5, 5.41) is 0. The van der Waals surface area contributed by atoms with Crippen molar-refractivity contribution in [3.63, 3.8) is 0 Å². The number of nitrogen functional groups attached to an aromatic ring is 1. The monoisotopic (exact) mass is 345 g/mol. The number of anilines is 2. The lowest BCUT2D eigenvalue weighted by Crippen LogP contribution is -2.47. The largest absolute Gasteiger partial charge is 0.440 e. The molecule has 2 rings (SSSR count). The van der Waals surface area contributed by atoms with Crippen LogP contribution in [0, 0.1) is 0 Å². The van der Waals surface area contributed by atoms with Crippen LogP contribution in [0.2, 0.25) is 0 Å². The molecule has 0 bridgehead atoms. The predicted molar refractivity (Wildman–Crippen MR) is 66.8 cm³/mol. The van der Waals surface area contributed by atoms with E-state index in [2.05, 4.69) is 19.7 Å². The molecule has 2 heterocycles. The standard InChI is InChI=1S/C11H13F6N5O/c12-10(13,14)6(11(15,16)17)23-9-20-7(18)19-8(21-9)22-4-2-1-3-5-22/h6H,1-5H2,(H2,18,19,20,21). The van der Waals surface area contributed by atoms with Crippen molar-refractivity contribution in [1.29, 1.82) is 0 Å². The number of hydrogen-bond acceptors (Lipinski definition) is 6. The summed E-state index contributed by atoms with van der Waals surface area (Å²) in [4.78, 5) is 12.1. The Balaban J connectivity index is 2.26. The number of ether oxygens (including phenoxy) is 1. The number of nitrogens with two attached hydrogens (primary N) is 1. The topological polar surface area (TPSA) is 77.2 Å². The first kappa shape index (κ1) is 17.3. The van der Waals surface area contributed by atoms with E-state index in [9.17, 15) is 26.3 Å². The summed E-state index contributed by atoms with van der Waals surface area (Å²) in [6.07, 6.45) is -12.8. The summed E-state index contributed by atoms with van der Waals surface area (Å²) >= 11 is 0. The Bertz CT molecular complexity index is 529. The highest BCUT2D eigenvalue weighted by molar-refractivity contribution is 5.36. The van der Waals surface area contributed by atoms with E-state index in [4.69, 9.17) is 5.73 Å². The molecule has 1 aromatic heterocycles. The number of piperidine rings is 1. The average molecular weight is 345 g/mol. The predicted octanol–water partition coefficient (Wildman–Crippen LogP) is 2.32. The Morgan fingerprint density at radius 3 is 2.00 bits per heavy atom. The molecule has 12 heteroatoms. The van der Waals surface area contributed by atoms with Crippen LogP contribution in [-0.4, -0.2) is 46.5 Å². The van der Waals surface area contributed by atoms with Crippen LogP contribution in [0.1, 0.15) is 19.3 Å². The first-order valence-electron chi connectivity index (χ1n) is 6.64. The van der Waals surface area contributed by atoms with Gasteiger partial charge < -0.3 is 15.4 Å². The van der Waals surface area contributed by atoms with Gasteiger partial charge in [0, 0.05) is 13.1 Å². The fraction of sp³-hybridized carbons (Fsp3) is 0.727. The lowest BCUT2D eigenvalue weighted by atomic mass is 10.1. The molecule has 1 saturated heterocycles. The first-order valence-corrected chi connectivity index (χ1v) is 6.64. The Hall–Kier alpha value is -2.01. The van der Waals surface area contributed by atoms with Crippen LogP contribution in [0.15, 0.2) is 0 Å². The zero-order chi connectivity index (χ0) is 17.3. The number of rotatable bonds is 3. The van der Waals surface area contributed by atoms with Gasteiger partial charge in [0.2, 0.25) is 11.9 Å². The van der Waals surface area contributed by atoms with Crippen LogP contribution in [-0.2, 0) is 0 Å². The van der Waals surface area contributed by atoms with E-state index >= 15 is 0 Å². The highest BCUT2D eigenvalue weighted by Crippen LogP contribution is 2.36. The molecule has 1 aliphatic heterocycles. The van der Waals surface area contributed by atoms with Gasteiger partial charge in [0.1, 0.15) is 0 Å². The van der Waals surface area contributed by atoms with Crippen LogP contribution in [0.4, 0.5) is 38.2 Å². The van der Waals surface area contributed by atoms with E-state index < -0.39 is 30.4 Å². The summed E-state index contributed by atoms with van der Waals surface area (Å²) in [6, 6.07) is -1.11. The van der Waals surface area contributed by atoms with Gasteiger partial charge in [-0.3, -0.25) is 0 Å². The number of hydrogen-bond donors (Lipinski definition) is 1. The van der Waals surface area contributed by atoms with Crippen LogP contribution < -0.4 is 15.4 Å². The van der Waals surface area contributed by atoms with Crippen molar-refractivity contribution in [3.05, 3.63) is 0 Å². The molecule has 1 fully saturated rings. The summed E-state index contributed by atoms with van der Waals surface area (Å²) in [6.45, 7) is 1.04. The van der Waals surface area contributed by atoms with E-state index in [0.29, 0.717) is 13.1 Å². The van der Waals surface area contributed by atoms with E-state index in [1.807, 2.05) is 0 Å². The van der Waals surface area contributed by atoms with Crippen molar-refractivity contribution in [1.82, 2.24) is 15.0 Å². The van der Waals surface area contributed by atoms with Gasteiger partial charge in [-0.2, -0.15) is 41.3 Å². The zero-order valence-corrected chi connectivity index (χ0v) is 11.7. The molecule has 2 N–H and O–H groups in total. The van der Waals surface area contributed by atoms with Crippen LogP contribution >= 0.6 is 0 Å². The molecule has 0 unspecified atom stereocenters. The van der Waals surface area contributed by atoms with Gasteiger partial charge in [0.15, 0.2) is 0 Å². The number of alkyl halides is 6. The second kappa shape index (κ2) is 6.24. The second-order valence-electron chi connectivity index (χ2n) is 4.91. The smallest absolute Gasteiger partial charge is 0.434 e. The Kier molecular flexibility index (Phi) is 4.71. The van der Waals surface area contributed by atoms with E-state index in [-0.39, 0.29) is 5.95 Å². The molecule has 130 valence electrons. The zero-order valence-electron chi connectivity index (χ0n) is 11.7. The molecule has 1 aliphatic rings. The van der Waals surface area contributed by atoms with E-state index in [0.717, 1.165) is 19.3 Å². The van der Waals surface area contributed by atoms with Crippen molar-refractivity contribution in [3.8, 4) is 6.01 Å².